The molecule has 0 saturated carbocycles. The van der Waals surface area contributed by atoms with Crippen LogP contribution in [0.25, 0.3) is 0 Å². The highest BCUT2D eigenvalue weighted by Gasteiger charge is 2.42. The van der Waals surface area contributed by atoms with Crippen molar-refractivity contribution in [2.24, 2.45) is 17.8 Å². The van der Waals surface area contributed by atoms with Crippen molar-refractivity contribution >= 4 is 64.9 Å². The van der Waals surface area contributed by atoms with E-state index < -0.39 is 118 Å². The molecule has 1 aliphatic rings. The van der Waals surface area contributed by atoms with E-state index in [1.807, 2.05) is 11.8 Å². The summed E-state index contributed by atoms with van der Waals surface area (Å²) in [7, 11) is 1.79. The zero-order valence-corrected chi connectivity index (χ0v) is 53.9. The number of Topliss-reactive ketones (excluding diaryl/α,β-unsaturated/α-hetero) is 1. The molecule has 24 nitrogen and oxygen atoms in total. The Balaban J connectivity index is 3.12. The van der Waals surface area contributed by atoms with Crippen LogP contribution in [0.1, 0.15) is 201 Å². The van der Waals surface area contributed by atoms with Gasteiger partial charge in [-0.15, -0.1) is 0 Å². The number of aliphatic hydroxyl groups excluding tert-OH is 2. The van der Waals surface area contributed by atoms with Crippen LogP contribution in [0.2, 0.25) is 0 Å². The van der Waals surface area contributed by atoms with Crippen LogP contribution < -0.4 is 47.9 Å². The Morgan fingerprint density at radius 3 is 1.69 bits per heavy atom. The highest BCUT2D eigenvalue weighted by Crippen LogP contribution is 2.24. The van der Waals surface area contributed by atoms with Crippen molar-refractivity contribution in [1.82, 2.24) is 57.7 Å². The fraction of sp³-hybridized carbons (Fsp3) is 0.817. The molecule has 482 valence electrons. The van der Waals surface area contributed by atoms with E-state index in [4.69, 9.17) is 5.11 Å². The van der Waals surface area contributed by atoms with Gasteiger partial charge >= 0.3 is 0 Å². The molecule has 0 unspecified atom stereocenters. The Bertz CT molecular complexity index is 2210. The second-order valence-electron chi connectivity index (χ2n) is 25.2. The molecule has 10 amide bonds. The van der Waals surface area contributed by atoms with Gasteiger partial charge in [-0.1, -0.05) is 86.5 Å². The van der Waals surface area contributed by atoms with E-state index in [9.17, 15) is 57.8 Å². The van der Waals surface area contributed by atoms with Crippen molar-refractivity contribution in [3.63, 3.8) is 0 Å². The van der Waals surface area contributed by atoms with Crippen molar-refractivity contribution in [2.75, 3.05) is 33.3 Å². The van der Waals surface area contributed by atoms with E-state index in [1.54, 1.807) is 46.6 Å². The Labute approximate surface area is 500 Å². The van der Waals surface area contributed by atoms with Crippen molar-refractivity contribution in [3.05, 3.63) is 0 Å². The third kappa shape index (κ3) is 26.3. The average molecular weight is 1190 g/mol. The lowest BCUT2D eigenvalue weighted by Gasteiger charge is -2.34. The molecule has 1 heterocycles. The summed E-state index contributed by atoms with van der Waals surface area (Å²) >= 11 is 0. The van der Waals surface area contributed by atoms with Gasteiger partial charge in [0.15, 0.2) is 0 Å². The van der Waals surface area contributed by atoms with Gasteiger partial charge in [0.25, 0.3) is 0 Å². The minimum Gasteiger partial charge on any atom is -0.395 e. The second kappa shape index (κ2) is 36.3. The lowest BCUT2D eigenvalue weighted by atomic mass is 9.92. The SMILES string of the molecule is CCCCCCCC[C@@H](C)C(=O)N1CCC[C@@H]1C(=O)N[C@@H](C[C@H](C)C[C@H](O)CC(=O)CC)C(=O)N[C@@H](C)C(=O)NC(C)(C)C(=O)NC(C)(C)C(=O)N[C@H](C(=O)N[C@@H](C)C(=O)NC(C)(C)C(=O)N[C@@H](C)C(=O)N[C@@H](C)CN(C)CCO)[C@@H](C)CC. The summed E-state index contributed by atoms with van der Waals surface area (Å²) < 4.78 is 0. The van der Waals surface area contributed by atoms with Crippen molar-refractivity contribution in [2.45, 2.75) is 266 Å². The molecule has 0 spiro atoms. The largest absolute Gasteiger partial charge is 0.395 e. The van der Waals surface area contributed by atoms with Gasteiger partial charge in [0.1, 0.15) is 58.7 Å². The van der Waals surface area contributed by atoms with Gasteiger partial charge in [-0.05, 0) is 120 Å². The summed E-state index contributed by atoms with van der Waals surface area (Å²) in [5, 5.41) is 43.9. The van der Waals surface area contributed by atoms with Crippen LogP contribution in [0.5, 0.6) is 0 Å². The fourth-order valence-corrected chi connectivity index (χ4v) is 9.69. The maximum atomic E-state index is 14.1. The number of carbonyl (C=O) groups is 11. The summed E-state index contributed by atoms with van der Waals surface area (Å²) in [6, 6.07) is -6.99. The van der Waals surface area contributed by atoms with Gasteiger partial charge in [-0.3, -0.25) is 52.7 Å². The topological polar surface area (TPSA) is 343 Å². The number of nitrogens with zero attached hydrogens (tertiary/aromatic N) is 2. The van der Waals surface area contributed by atoms with E-state index >= 15 is 0 Å². The van der Waals surface area contributed by atoms with Crippen LogP contribution in [0, 0.1) is 17.8 Å². The molecule has 11 N–H and O–H groups in total. The second-order valence-corrected chi connectivity index (χ2v) is 25.2. The first-order valence-corrected chi connectivity index (χ1v) is 30.6. The number of ketones is 1. The monoisotopic (exact) mass is 1190 g/mol. The number of likely N-dealkylation sites (tertiary alicyclic amines) is 1. The molecule has 0 aromatic rings. The predicted molar refractivity (Wildman–Crippen MR) is 321 cm³/mol. The van der Waals surface area contributed by atoms with Gasteiger partial charge in [-0.2, -0.15) is 0 Å². The molecular weight excluding hydrogens is 1080 g/mol. The van der Waals surface area contributed by atoms with Crippen molar-refractivity contribution in [1.29, 1.82) is 0 Å². The highest BCUT2D eigenvalue weighted by atomic mass is 16.3. The van der Waals surface area contributed by atoms with Crippen LogP contribution in [-0.2, 0) is 52.7 Å². The summed E-state index contributed by atoms with van der Waals surface area (Å²) in [5.74, 6) is -7.64. The molecule has 0 aliphatic carbocycles. The first-order chi connectivity index (χ1) is 39.0. The quantitative estimate of drug-likeness (QED) is 0.0393. The third-order valence-electron chi connectivity index (χ3n) is 15.5. The first-order valence-electron chi connectivity index (χ1n) is 30.6. The predicted octanol–water partition coefficient (Wildman–Crippen LogP) is 2.15. The Morgan fingerprint density at radius 1 is 0.607 bits per heavy atom. The maximum absolute atomic E-state index is 14.1. The molecule has 1 fully saturated rings. The van der Waals surface area contributed by atoms with Crippen LogP contribution in [0.4, 0.5) is 0 Å². The minimum atomic E-state index is -1.70. The molecule has 1 rings (SSSR count). The molecule has 0 aromatic carbocycles. The number of amides is 10. The number of carbonyl (C=O) groups excluding carboxylic acids is 11. The lowest BCUT2D eigenvalue weighted by molar-refractivity contribution is -0.142. The number of unbranched alkanes of at least 4 members (excludes halogenated alkanes) is 5. The zero-order valence-electron chi connectivity index (χ0n) is 53.9. The first kappa shape index (κ1) is 76.3. The van der Waals surface area contributed by atoms with Gasteiger partial charge < -0.3 is 67.9 Å². The molecule has 1 saturated heterocycles. The van der Waals surface area contributed by atoms with Crippen LogP contribution in [0.3, 0.4) is 0 Å². The standard InChI is InChI=1S/C60H109N11O13/c1-18-21-22-23-24-25-27-38(6)54(81)71-29-26-28-46(71)52(79)65-45(33-36(4)32-44(74)34-43(73)20-3)51(78)62-41(9)49(76)68-60(15,16)57(84)69-59(13,14)56(83)66-47(37(5)19-2)53(80)63-42(10)50(77)67-58(11,12)55(82)64-40(8)48(75)61-39(7)35-70(17)30-31-72/h36-42,44-47,72,74H,18-35H2,1-17H3,(H,61,75)(H,62,78)(H,63,80)(H,64,82)(H,65,79)(H,66,83)(H,67,77)(H,68,76)(H,69,84)/t36-,37+,38-,39+,40+,41+,42+,44+,45+,46-,47+/m1/s1. The smallest absolute Gasteiger partial charge is 0.246 e. The number of aliphatic hydroxyl groups is 2. The van der Waals surface area contributed by atoms with Crippen LogP contribution in [0.15, 0.2) is 0 Å². The fourth-order valence-electron chi connectivity index (χ4n) is 9.69. The number of nitrogens with one attached hydrogen (secondary N) is 9. The summed E-state index contributed by atoms with van der Waals surface area (Å²) in [6.45, 7) is 26.7. The van der Waals surface area contributed by atoms with Crippen LogP contribution in [-0.4, -0.2) is 183 Å². The van der Waals surface area contributed by atoms with Gasteiger partial charge in [0.05, 0.1) is 12.7 Å². The van der Waals surface area contributed by atoms with E-state index in [1.165, 1.54) is 68.7 Å². The average Bonchev–Trinajstić information content (AvgIpc) is 4.04. The maximum Gasteiger partial charge on any atom is 0.246 e. The van der Waals surface area contributed by atoms with E-state index in [2.05, 4.69) is 54.8 Å². The van der Waals surface area contributed by atoms with Crippen molar-refractivity contribution in [3.8, 4) is 0 Å². The number of rotatable bonds is 39. The van der Waals surface area contributed by atoms with E-state index in [0.717, 1.165) is 32.1 Å². The summed E-state index contributed by atoms with van der Waals surface area (Å²) in [4.78, 5) is 152. The van der Waals surface area contributed by atoms with Gasteiger partial charge in [-0.25, -0.2) is 0 Å². The normalized spacial score (nSPS) is 17.3. The molecule has 11 atom stereocenters. The number of hydrogen-bond acceptors (Lipinski definition) is 14. The molecule has 0 bridgehead atoms. The molecule has 0 radical (unpaired) electrons. The third-order valence-corrected chi connectivity index (χ3v) is 15.5. The minimum absolute atomic E-state index is 0.0199. The molecule has 1 aliphatic heterocycles. The van der Waals surface area contributed by atoms with Crippen LogP contribution >= 0.6 is 0 Å². The molecular formula is C60H109N11O13. The van der Waals surface area contributed by atoms with Gasteiger partial charge in [0.2, 0.25) is 59.1 Å². The van der Waals surface area contributed by atoms with E-state index in [0.29, 0.717) is 45.3 Å². The number of hydrogen-bond donors (Lipinski definition) is 11. The molecule has 84 heavy (non-hydrogen) atoms. The zero-order chi connectivity index (χ0) is 64.4. The summed E-state index contributed by atoms with van der Waals surface area (Å²) in [6.07, 6.45) is 7.96. The number of likely N-dealkylation sites (N-methyl/N-ethyl adjacent to an activating group) is 1. The van der Waals surface area contributed by atoms with Crippen molar-refractivity contribution < 1.29 is 63.0 Å². The van der Waals surface area contributed by atoms with Gasteiger partial charge in [0, 0.05) is 44.4 Å². The Hall–Kier alpha value is -5.75. The van der Waals surface area contributed by atoms with E-state index in [-0.39, 0.29) is 61.9 Å². The molecule has 24 heteroatoms. The summed E-state index contributed by atoms with van der Waals surface area (Å²) in [5.41, 5.74) is -4.94. The Morgan fingerprint density at radius 2 is 1.13 bits per heavy atom. The highest BCUT2D eigenvalue weighted by molar-refractivity contribution is 6.00. The lowest BCUT2D eigenvalue weighted by Crippen LogP contribution is -2.66. The Kier molecular flexibility index (Phi) is 32.9. The molecule has 0 aromatic heterocycles.